The van der Waals surface area contributed by atoms with Crippen molar-refractivity contribution in [1.29, 1.82) is 0 Å². The van der Waals surface area contributed by atoms with Crippen molar-refractivity contribution in [3.05, 3.63) is 35.6 Å². The van der Waals surface area contributed by atoms with Gasteiger partial charge in [0, 0.05) is 19.5 Å². The first kappa shape index (κ1) is 15.0. The van der Waals surface area contributed by atoms with Crippen molar-refractivity contribution < 1.29 is 14.0 Å². The summed E-state index contributed by atoms with van der Waals surface area (Å²) in [6, 6.07) is 6.11. The predicted octanol–water partition coefficient (Wildman–Crippen LogP) is 2.97. The Kier molecular flexibility index (Phi) is 3.89. The van der Waals surface area contributed by atoms with E-state index in [2.05, 4.69) is 12.1 Å². The fraction of sp³-hybridized carbons (Fsp3) is 0.529. The third-order valence-corrected chi connectivity index (χ3v) is 4.44. The van der Waals surface area contributed by atoms with Gasteiger partial charge >= 0.3 is 0 Å². The third kappa shape index (κ3) is 2.85. The lowest BCUT2D eigenvalue weighted by atomic mass is 9.92. The molecule has 0 bridgehead atoms. The number of benzene rings is 1. The molecule has 0 saturated carbocycles. The highest BCUT2D eigenvalue weighted by atomic mass is 19.1. The van der Waals surface area contributed by atoms with E-state index in [1.807, 2.05) is 4.90 Å². The Morgan fingerprint density at radius 2 is 2.14 bits per heavy atom. The number of piperidine rings is 1. The summed E-state index contributed by atoms with van der Waals surface area (Å²) < 4.78 is 13.0. The summed E-state index contributed by atoms with van der Waals surface area (Å²) in [5.74, 6) is 0.240. The van der Waals surface area contributed by atoms with E-state index in [1.165, 1.54) is 18.6 Å². The molecule has 1 amide bonds. The number of halogens is 1. The summed E-state index contributed by atoms with van der Waals surface area (Å²) >= 11 is 0. The highest BCUT2D eigenvalue weighted by Gasteiger charge is 2.45. The number of carbonyl (C=O) groups excluding carboxylic acids is 1. The number of oxime groups is 1. The second-order valence-corrected chi connectivity index (χ2v) is 6.54. The largest absolute Gasteiger partial charge is 0.379 e. The molecule has 2 aliphatic rings. The monoisotopic (exact) mass is 304 g/mol. The smallest absolute Gasteiger partial charge is 0.269 e. The zero-order chi connectivity index (χ0) is 15.7. The van der Waals surface area contributed by atoms with E-state index in [-0.39, 0.29) is 11.7 Å². The minimum Gasteiger partial charge on any atom is -0.379 e. The maximum absolute atomic E-state index is 13.0. The summed E-state index contributed by atoms with van der Waals surface area (Å²) in [6.45, 7) is 5.52. The van der Waals surface area contributed by atoms with Gasteiger partial charge in [0.25, 0.3) is 5.91 Å². The van der Waals surface area contributed by atoms with Crippen LogP contribution >= 0.6 is 0 Å². The van der Waals surface area contributed by atoms with Crippen LogP contribution in [0, 0.1) is 11.7 Å². The molecule has 1 aromatic rings. The summed E-state index contributed by atoms with van der Waals surface area (Å²) in [7, 11) is 0. The number of amides is 1. The maximum atomic E-state index is 13.0. The highest BCUT2D eigenvalue weighted by molar-refractivity contribution is 6.05. The van der Waals surface area contributed by atoms with Crippen LogP contribution in [0.15, 0.2) is 29.4 Å². The minimum absolute atomic E-state index is 0.0000818. The van der Waals surface area contributed by atoms with Crippen molar-refractivity contribution in [1.82, 2.24) is 4.90 Å². The van der Waals surface area contributed by atoms with Gasteiger partial charge in [-0.2, -0.15) is 0 Å². The van der Waals surface area contributed by atoms with E-state index < -0.39 is 5.60 Å². The Bertz CT molecular complexity index is 599. The Labute approximate surface area is 129 Å². The zero-order valence-electron chi connectivity index (χ0n) is 13.0. The van der Waals surface area contributed by atoms with E-state index in [1.54, 1.807) is 19.1 Å². The molecule has 22 heavy (non-hydrogen) atoms. The molecular weight excluding hydrogens is 283 g/mol. The van der Waals surface area contributed by atoms with Crippen molar-refractivity contribution >= 4 is 11.6 Å². The molecule has 2 unspecified atom stereocenters. The summed E-state index contributed by atoms with van der Waals surface area (Å²) in [6.07, 6.45) is 2.62. The fourth-order valence-electron chi connectivity index (χ4n) is 3.16. The van der Waals surface area contributed by atoms with Gasteiger partial charge in [-0.3, -0.25) is 4.79 Å². The van der Waals surface area contributed by atoms with Gasteiger partial charge in [-0.1, -0.05) is 24.2 Å². The fourth-order valence-corrected chi connectivity index (χ4v) is 3.16. The lowest BCUT2D eigenvalue weighted by Gasteiger charge is -2.35. The van der Waals surface area contributed by atoms with Crippen molar-refractivity contribution in [2.45, 2.75) is 38.7 Å². The molecule has 2 heterocycles. The third-order valence-electron chi connectivity index (χ3n) is 4.44. The van der Waals surface area contributed by atoms with Crippen LogP contribution in [0.2, 0.25) is 0 Å². The van der Waals surface area contributed by atoms with Crippen LogP contribution in [0.3, 0.4) is 0 Å². The van der Waals surface area contributed by atoms with E-state index in [0.29, 0.717) is 18.1 Å². The molecule has 2 aliphatic heterocycles. The number of hydrogen-bond acceptors (Lipinski definition) is 3. The van der Waals surface area contributed by atoms with Gasteiger partial charge in [-0.05, 0) is 43.4 Å². The second-order valence-electron chi connectivity index (χ2n) is 6.54. The van der Waals surface area contributed by atoms with Crippen molar-refractivity contribution in [2.75, 3.05) is 13.1 Å². The average Bonchev–Trinajstić information content (AvgIpc) is 2.91. The molecule has 1 aromatic carbocycles. The molecule has 0 aromatic heterocycles. The highest BCUT2D eigenvalue weighted by Crippen LogP contribution is 2.30. The van der Waals surface area contributed by atoms with Crippen LogP contribution in [-0.4, -0.2) is 35.2 Å². The molecule has 3 rings (SSSR count). The first-order chi connectivity index (χ1) is 10.5. The molecule has 0 spiro atoms. The predicted molar refractivity (Wildman–Crippen MR) is 82.0 cm³/mol. The normalized spacial score (nSPS) is 28.2. The molecular formula is C17H21FN2O2. The first-order valence-electron chi connectivity index (χ1n) is 7.78. The lowest BCUT2D eigenvalue weighted by Crippen LogP contribution is -2.50. The molecule has 118 valence electrons. The van der Waals surface area contributed by atoms with Gasteiger partial charge in [0.1, 0.15) is 5.82 Å². The van der Waals surface area contributed by atoms with E-state index in [0.717, 1.165) is 25.1 Å². The SMILES string of the molecule is CC1CCCN(C(=O)C2(C)CC(c3ccc(F)cc3)=NO2)C1. The van der Waals surface area contributed by atoms with Gasteiger partial charge in [0.15, 0.2) is 0 Å². The topological polar surface area (TPSA) is 41.9 Å². The summed E-state index contributed by atoms with van der Waals surface area (Å²) in [5, 5.41) is 4.07. The molecule has 5 heteroatoms. The molecule has 1 saturated heterocycles. The van der Waals surface area contributed by atoms with Gasteiger partial charge in [0.05, 0.1) is 5.71 Å². The van der Waals surface area contributed by atoms with E-state index in [4.69, 9.17) is 4.84 Å². The summed E-state index contributed by atoms with van der Waals surface area (Å²) in [4.78, 5) is 20.1. The number of nitrogens with zero attached hydrogens (tertiary/aromatic N) is 2. The second kappa shape index (κ2) is 5.71. The number of hydrogen-bond donors (Lipinski definition) is 0. The Hall–Kier alpha value is -1.91. The number of rotatable bonds is 2. The van der Waals surface area contributed by atoms with E-state index in [9.17, 15) is 9.18 Å². The average molecular weight is 304 g/mol. The van der Waals surface area contributed by atoms with Crippen LogP contribution in [0.1, 0.15) is 38.7 Å². The Balaban J connectivity index is 1.71. The minimum atomic E-state index is -0.944. The van der Waals surface area contributed by atoms with Gasteiger partial charge in [-0.15, -0.1) is 0 Å². The Morgan fingerprint density at radius 3 is 2.82 bits per heavy atom. The van der Waals surface area contributed by atoms with Crippen molar-refractivity contribution in [3.8, 4) is 0 Å². The quantitative estimate of drug-likeness (QED) is 0.843. The maximum Gasteiger partial charge on any atom is 0.269 e. The molecule has 1 fully saturated rings. The van der Waals surface area contributed by atoms with Gasteiger partial charge in [-0.25, -0.2) is 4.39 Å². The number of carbonyl (C=O) groups is 1. The zero-order valence-corrected chi connectivity index (χ0v) is 13.0. The Morgan fingerprint density at radius 1 is 1.41 bits per heavy atom. The van der Waals surface area contributed by atoms with Crippen LogP contribution in [0.4, 0.5) is 4.39 Å². The summed E-state index contributed by atoms with van der Waals surface area (Å²) in [5.41, 5.74) is 0.548. The van der Waals surface area contributed by atoms with Crippen LogP contribution < -0.4 is 0 Å². The molecule has 4 nitrogen and oxygen atoms in total. The van der Waals surface area contributed by atoms with Crippen molar-refractivity contribution in [3.63, 3.8) is 0 Å². The van der Waals surface area contributed by atoms with Gasteiger partial charge < -0.3 is 9.74 Å². The molecule has 0 aliphatic carbocycles. The van der Waals surface area contributed by atoms with Gasteiger partial charge in [0.2, 0.25) is 5.60 Å². The lowest BCUT2D eigenvalue weighted by molar-refractivity contribution is -0.155. The standard InChI is InChI=1S/C17H21FN2O2/c1-12-4-3-9-20(11-12)16(21)17(2)10-15(19-22-17)13-5-7-14(18)8-6-13/h5-8,12H,3-4,9-11H2,1-2H3. The van der Waals surface area contributed by atoms with Crippen LogP contribution in [0.5, 0.6) is 0 Å². The molecule has 2 atom stereocenters. The van der Waals surface area contributed by atoms with Crippen molar-refractivity contribution in [2.24, 2.45) is 11.1 Å². The molecule has 0 radical (unpaired) electrons. The first-order valence-corrected chi connectivity index (χ1v) is 7.78. The van der Waals surface area contributed by atoms with Crippen LogP contribution in [-0.2, 0) is 9.63 Å². The van der Waals surface area contributed by atoms with Crippen LogP contribution in [0.25, 0.3) is 0 Å². The van der Waals surface area contributed by atoms with E-state index >= 15 is 0 Å². The molecule has 0 N–H and O–H groups in total. The number of likely N-dealkylation sites (tertiary alicyclic amines) is 1.